The highest BCUT2D eigenvalue weighted by Crippen LogP contribution is 2.17. The van der Waals surface area contributed by atoms with E-state index in [9.17, 15) is 14.7 Å². The van der Waals surface area contributed by atoms with Crippen molar-refractivity contribution in [2.45, 2.75) is 25.8 Å². The van der Waals surface area contributed by atoms with Gasteiger partial charge in [0.2, 0.25) is 5.91 Å². The zero-order valence-electron chi connectivity index (χ0n) is 11.8. The van der Waals surface area contributed by atoms with E-state index in [-0.39, 0.29) is 12.5 Å². The molecule has 0 bridgehead atoms. The maximum Gasteiger partial charge on any atom is 0.326 e. The van der Waals surface area contributed by atoms with Crippen molar-refractivity contribution >= 4 is 11.9 Å². The number of carbonyl (C=O) groups excluding carboxylic acids is 1. The highest BCUT2D eigenvalue weighted by atomic mass is 16.5. The summed E-state index contributed by atoms with van der Waals surface area (Å²) in [5, 5.41) is 11.7. The molecule has 0 aliphatic carbocycles. The molecule has 2 atom stereocenters. The lowest BCUT2D eigenvalue weighted by atomic mass is 9.94. The molecule has 1 rings (SSSR count). The lowest BCUT2D eigenvalue weighted by Gasteiger charge is -2.28. The molecule has 1 saturated heterocycles. The Bertz CT molecular complexity index is 303. The molecule has 1 fully saturated rings. The van der Waals surface area contributed by atoms with Gasteiger partial charge in [-0.2, -0.15) is 0 Å². The van der Waals surface area contributed by atoms with Gasteiger partial charge in [-0.1, -0.05) is 0 Å². The minimum Gasteiger partial charge on any atom is -0.480 e. The molecule has 7 nitrogen and oxygen atoms in total. The molecule has 7 heteroatoms. The number of ether oxygens (including phenoxy) is 3. The van der Waals surface area contributed by atoms with Gasteiger partial charge >= 0.3 is 5.97 Å². The highest BCUT2D eigenvalue weighted by molar-refractivity contribution is 5.84. The van der Waals surface area contributed by atoms with Crippen LogP contribution in [0.25, 0.3) is 0 Å². The normalized spacial score (nSPS) is 20.4. The summed E-state index contributed by atoms with van der Waals surface area (Å²) in [7, 11) is 0. The number of carbonyl (C=O) groups is 2. The highest BCUT2D eigenvalue weighted by Gasteiger charge is 2.31. The molecule has 0 aromatic rings. The quantitative estimate of drug-likeness (QED) is 0.582. The van der Waals surface area contributed by atoms with Crippen LogP contribution in [0.4, 0.5) is 0 Å². The second kappa shape index (κ2) is 9.68. The van der Waals surface area contributed by atoms with Crippen LogP contribution in [-0.2, 0) is 23.8 Å². The lowest BCUT2D eigenvalue weighted by molar-refractivity contribution is -0.146. The number of rotatable bonds is 9. The Labute approximate surface area is 118 Å². The molecule has 2 unspecified atom stereocenters. The summed E-state index contributed by atoms with van der Waals surface area (Å²) in [6.45, 7) is 4.05. The molecular formula is C13H23NO6. The number of aliphatic carboxylic acids is 1. The van der Waals surface area contributed by atoms with E-state index >= 15 is 0 Å². The third-order valence-electron chi connectivity index (χ3n) is 3.06. The predicted molar refractivity (Wildman–Crippen MR) is 70.4 cm³/mol. The van der Waals surface area contributed by atoms with Crippen molar-refractivity contribution in [3.63, 3.8) is 0 Å². The Balaban J connectivity index is 2.29. The number of carboxylic acid groups (broad SMARTS) is 1. The van der Waals surface area contributed by atoms with Crippen LogP contribution in [0, 0.1) is 5.92 Å². The van der Waals surface area contributed by atoms with Crippen LogP contribution in [0.3, 0.4) is 0 Å². The fraction of sp³-hybridized carbons (Fsp3) is 0.846. The molecular weight excluding hydrogens is 266 g/mol. The summed E-state index contributed by atoms with van der Waals surface area (Å²) < 4.78 is 15.4. The van der Waals surface area contributed by atoms with Gasteiger partial charge in [0.05, 0.1) is 19.8 Å². The van der Waals surface area contributed by atoms with Crippen molar-refractivity contribution in [3.8, 4) is 0 Å². The molecule has 0 spiro atoms. The van der Waals surface area contributed by atoms with E-state index in [2.05, 4.69) is 5.32 Å². The summed E-state index contributed by atoms with van der Waals surface area (Å²) in [5.74, 6) is -1.66. The molecule has 116 valence electrons. The number of carboxylic acids is 1. The van der Waals surface area contributed by atoms with Crippen molar-refractivity contribution in [1.82, 2.24) is 5.32 Å². The monoisotopic (exact) mass is 289 g/mol. The van der Waals surface area contributed by atoms with Gasteiger partial charge in [-0.05, 0) is 19.8 Å². The van der Waals surface area contributed by atoms with Crippen LogP contribution in [-0.4, -0.2) is 62.7 Å². The first-order valence-corrected chi connectivity index (χ1v) is 6.90. The Morgan fingerprint density at radius 3 is 2.75 bits per heavy atom. The minimum atomic E-state index is -1.04. The first kappa shape index (κ1) is 16.9. The standard InChI is InChI=1S/C13H23NO6/c1-2-18-6-7-20-9-11(15)14-12(13(16)17)10-4-3-5-19-8-10/h10,12H,2-9H2,1H3,(H,14,15)(H,16,17). The molecule has 1 amide bonds. The van der Waals surface area contributed by atoms with Crippen molar-refractivity contribution in [2.75, 3.05) is 39.6 Å². The van der Waals surface area contributed by atoms with Gasteiger partial charge in [0.15, 0.2) is 0 Å². The maximum atomic E-state index is 11.7. The van der Waals surface area contributed by atoms with E-state index in [1.54, 1.807) is 0 Å². The summed E-state index contributed by atoms with van der Waals surface area (Å²) in [6, 6.07) is -0.918. The molecule has 2 N–H and O–H groups in total. The number of amides is 1. The predicted octanol–water partition coefficient (Wildman–Crippen LogP) is 0.0355. The summed E-state index contributed by atoms with van der Waals surface area (Å²) in [6.07, 6.45) is 1.55. The van der Waals surface area contributed by atoms with Gasteiger partial charge in [0.25, 0.3) is 0 Å². The third-order valence-corrected chi connectivity index (χ3v) is 3.06. The fourth-order valence-corrected chi connectivity index (χ4v) is 2.05. The smallest absolute Gasteiger partial charge is 0.326 e. The summed E-state index contributed by atoms with van der Waals surface area (Å²) in [4.78, 5) is 22.9. The van der Waals surface area contributed by atoms with Crippen LogP contribution < -0.4 is 5.32 Å². The van der Waals surface area contributed by atoms with E-state index < -0.39 is 17.9 Å². The molecule has 1 heterocycles. The SMILES string of the molecule is CCOCCOCC(=O)NC(C(=O)O)C1CCCOC1. The van der Waals surface area contributed by atoms with Crippen LogP contribution in [0.2, 0.25) is 0 Å². The van der Waals surface area contributed by atoms with Crippen LogP contribution in [0.15, 0.2) is 0 Å². The first-order chi connectivity index (χ1) is 9.65. The largest absolute Gasteiger partial charge is 0.480 e. The zero-order chi connectivity index (χ0) is 14.8. The fourth-order valence-electron chi connectivity index (χ4n) is 2.05. The average Bonchev–Trinajstić information content (AvgIpc) is 2.45. The third kappa shape index (κ3) is 6.31. The van der Waals surface area contributed by atoms with Gasteiger partial charge in [0, 0.05) is 19.1 Å². The Hall–Kier alpha value is -1.18. The molecule has 0 aromatic heterocycles. The first-order valence-electron chi connectivity index (χ1n) is 6.90. The molecule has 1 aliphatic rings. The topological polar surface area (TPSA) is 94.1 Å². The summed E-state index contributed by atoms with van der Waals surface area (Å²) in [5.41, 5.74) is 0. The van der Waals surface area contributed by atoms with Gasteiger partial charge in [-0.15, -0.1) is 0 Å². The van der Waals surface area contributed by atoms with E-state index in [0.29, 0.717) is 33.0 Å². The lowest BCUT2D eigenvalue weighted by Crippen LogP contribution is -2.49. The molecule has 0 saturated carbocycles. The van der Waals surface area contributed by atoms with E-state index in [1.165, 1.54) is 0 Å². The maximum absolute atomic E-state index is 11.7. The van der Waals surface area contributed by atoms with Gasteiger partial charge < -0.3 is 24.6 Å². The molecule has 1 aliphatic heterocycles. The summed E-state index contributed by atoms with van der Waals surface area (Å²) >= 11 is 0. The van der Waals surface area contributed by atoms with Crippen LogP contribution in [0.1, 0.15) is 19.8 Å². The Morgan fingerprint density at radius 2 is 2.15 bits per heavy atom. The second-order valence-electron chi connectivity index (χ2n) is 4.61. The van der Waals surface area contributed by atoms with E-state index in [0.717, 1.165) is 12.8 Å². The van der Waals surface area contributed by atoms with Crippen LogP contribution >= 0.6 is 0 Å². The van der Waals surface area contributed by atoms with Crippen molar-refractivity contribution < 1.29 is 28.9 Å². The number of hydrogen-bond acceptors (Lipinski definition) is 5. The van der Waals surface area contributed by atoms with Crippen molar-refractivity contribution in [3.05, 3.63) is 0 Å². The van der Waals surface area contributed by atoms with Gasteiger partial charge in [0.1, 0.15) is 12.6 Å². The van der Waals surface area contributed by atoms with Gasteiger partial charge in [-0.3, -0.25) is 4.79 Å². The molecule has 20 heavy (non-hydrogen) atoms. The molecule has 0 radical (unpaired) electrons. The van der Waals surface area contributed by atoms with Crippen molar-refractivity contribution in [1.29, 1.82) is 0 Å². The van der Waals surface area contributed by atoms with E-state index in [1.807, 2.05) is 6.92 Å². The second-order valence-corrected chi connectivity index (χ2v) is 4.61. The number of nitrogens with one attached hydrogen (secondary N) is 1. The Morgan fingerprint density at radius 1 is 1.40 bits per heavy atom. The minimum absolute atomic E-state index is 0.162. The Kier molecular flexibility index (Phi) is 8.17. The number of hydrogen-bond donors (Lipinski definition) is 2. The van der Waals surface area contributed by atoms with Gasteiger partial charge in [-0.25, -0.2) is 4.79 Å². The molecule has 0 aromatic carbocycles. The van der Waals surface area contributed by atoms with Crippen LogP contribution in [0.5, 0.6) is 0 Å². The van der Waals surface area contributed by atoms with Crippen molar-refractivity contribution in [2.24, 2.45) is 5.92 Å². The van der Waals surface area contributed by atoms with E-state index in [4.69, 9.17) is 14.2 Å². The zero-order valence-corrected chi connectivity index (χ0v) is 11.8. The average molecular weight is 289 g/mol.